The van der Waals surface area contributed by atoms with Crippen LogP contribution in [-0.4, -0.2) is 24.4 Å². The summed E-state index contributed by atoms with van der Waals surface area (Å²) < 4.78 is 0. The number of piperazine rings is 1. The maximum atomic E-state index is 11.6. The smallest absolute Gasteiger partial charge is 0.249 e. The number of imide groups is 1. The Morgan fingerprint density at radius 2 is 2.26 bits per heavy atom. The van der Waals surface area contributed by atoms with E-state index in [1.807, 2.05) is 0 Å². The minimum absolute atomic E-state index is 0.0591. The van der Waals surface area contributed by atoms with Gasteiger partial charge in [0.2, 0.25) is 11.8 Å². The lowest BCUT2D eigenvalue weighted by Gasteiger charge is -2.34. The Morgan fingerprint density at radius 3 is 2.89 bits per heavy atom. The molecular formula is C13H14N4O2. The monoisotopic (exact) mass is 258 g/mol. The third kappa shape index (κ3) is 2.41. The minimum atomic E-state index is -0.492. The molecule has 0 aromatic heterocycles. The van der Waals surface area contributed by atoms with Crippen molar-refractivity contribution < 1.29 is 9.59 Å². The summed E-state index contributed by atoms with van der Waals surface area (Å²) in [4.78, 5) is 24.7. The molecule has 0 aliphatic carbocycles. The fourth-order valence-electron chi connectivity index (χ4n) is 2.06. The number of hydrogen-bond donors (Lipinski definition) is 2. The van der Waals surface area contributed by atoms with Crippen LogP contribution in [-0.2, 0) is 16.1 Å². The van der Waals surface area contributed by atoms with Gasteiger partial charge in [0.25, 0.3) is 0 Å². The number of carbonyl (C=O) groups is 2. The van der Waals surface area contributed by atoms with E-state index in [9.17, 15) is 14.9 Å². The molecule has 98 valence electrons. The van der Waals surface area contributed by atoms with E-state index < -0.39 is 6.04 Å². The van der Waals surface area contributed by atoms with Crippen LogP contribution in [0.4, 0.5) is 5.69 Å². The number of hydrogen-bond acceptors (Lipinski definition) is 5. The van der Waals surface area contributed by atoms with Gasteiger partial charge in [0, 0.05) is 6.54 Å². The molecule has 2 amide bonds. The van der Waals surface area contributed by atoms with Crippen LogP contribution >= 0.6 is 0 Å². The maximum Gasteiger partial charge on any atom is 0.249 e. The van der Waals surface area contributed by atoms with E-state index in [1.165, 1.54) is 0 Å². The lowest BCUT2D eigenvalue weighted by molar-refractivity contribution is -0.132. The van der Waals surface area contributed by atoms with Gasteiger partial charge < -0.3 is 10.6 Å². The number of nitrogens with one attached hydrogen (secondary N) is 1. The number of nitrogens with two attached hydrogens (primary N) is 1. The molecule has 1 aromatic carbocycles. The number of rotatable bonds is 2. The van der Waals surface area contributed by atoms with Crippen LogP contribution in [0.3, 0.4) is 0 Å². The van der Waals surface area contributed by atoms with E-state index >= 15 is 0 Å². The van der Waals surface area contributed by atoms with Crippen molar-refractivity contribution in [3.8, 4) is 6.07 Å². The van der Waals surface area contributed by atoms with Gasteiger partial charge in [0.1, 0.15) is 12.1 Å². The van der Waals surface area contributed by atoms with Crippen LogP contribution in [0.1, 0.15) is 18.1 Å². The van der Waals surface area contributed by atoms with Crippen LogP contribution in [0, 0.1) is 11.3 Å². The molecule has 1 atom stereocenters. The highest BCUT2D eigenvalue weighted by Gasteiger charge is 2.31. The molecule has 1 aliphatic heterocycles. The molecule has 19 heavy (non-hydrogen) atoms. The van der Waals surface area contributed by atoms with Gasteiger partial charge >= 0.3 is 0 Å². The van der Waals surface area contributed by atoms with Crippen LogP contribution in [0.5, 0.6) is 0 Å². The van der Waals surface area contributed by atoms with Gasteiger partial charge in [0.15, 0.2) is 0 Å². The number of anilines is 1. The van der Waals surface area contributed by atoms with Gasteiger partial charge in [-0.25, -0.2) is 0 Å². The van der Waals surface area contributed by atoms with Crippen molar-refractivity contribution in [2.24, 2.45) is 5.73 Å². The van der Waals surface area contributed by atoms with Crippen molar-refractivity contribution in [3.05, 3.63) is 29.3 Å². The number of nitriles is 1. The third-order valence-electron chi connectivity index (χ3n) is 3.15. The van der Waals surface area contributed by atoms with E-state index in [1.54, 1.807) is 30.0 Å². The highest BCUT2D eigenvalue weighted by Crippen LogP contribution is 2.24. The molecule has 1 unspecified atom stereocenters. The van der Waals surface area contributed by atoms with Crippen molar-refractivity contribution in [2.45, 2.75) is 19.5 Å². The van der Waals surface area contributed by atoms with Crippen molar-refractivity contribution in [3.63, 3.8) is 0 Å². The first-order valence-electron chi connectivity index (χ1n) is 5.90. The lowest BCUT2D eigenvalue weighted by Crippen LogP contribution is -2.57. The second kappa shape index (κ2) is 5.08. The maximum absolute atomic E-state index is 11.6. The van der Waals surface area contributed by atoms with Gasteiger partial charge in [-0.3, -0.25) is 14.9 Å². The normalized spacial score (nSPS) is 19.0. The summed E-state index contributed by atoms with van der Waals surface area (Å²) in [5.41, 5.74) is 7.36. The molecule has 1 aliphatic rings. The molecule has 1 aromatic rings. The molecule has 0 spiro atoms. The Bertz CT molecular complexity index is 576. The molecule has 6 nitrogen and oxygen atoms in total. The van der Waals surface area contributed by atoms with Crippen molar-refractivity contribution in [2.75, 3.05) is 11.4 Å². The Hall–Kier alpha value is -2.39. The molecule has 1 saturated heterocycles. The predicted octanol–water partition coefficient (Wildman–Crippen LogP) is -0.132. The standard InChI is InChI=1S/C13H14N4O2/c1-8-13(19)16-12(18)7-17(8)11-3-2-9(5-14)4-10(11)6-15/h2-4,8H,5,7,14H2,1H3,(H,16,18,19). The zero-order chi connectivity index (χ0) is 14.0. The summed E-state index contributed by atoms with van der Waals surface area (Å²) in [6, 6.07) is 6.78. The predicted molar refractivity (Wildman–Crippen MR) is 69.0 cm³/mol. The third-order valence-corrected chi connectivity index (χ3v) is 3.15. The van der Waals surface area contributed by atoms with Gasteiger partial charge in [-0.2, -0.15) is 5.26 Å². The van der Waals surface area contributed by atoms with Gasteiger partial charge in [-0.05, 0) is 24.6 Å². The molecule has 1 fully saturated rings. The summed E-state index contributed by atoms with van der Waals surface area (Å²) in [5.74, 6) is -0.724. The Balaban J connectivity index is 2.43. The zero-order valence-electron chi connectivity index (χ0n) is 10.5. The Labute approximate surface area is 110 Å². The van der Waals surface area contributed by atoms with Gasteiger partial charge in [-0.15, -0.1) is 0 Å². The zero-order valence-corrected chi connectivity index (χ0v) is 10.5. The fourth-order valence-corrected chi connectivity index (χ4v) is 2.06. The second-order valence-corrected chi connectivity index (χ2v) is 4.38. The lowest BCUT2D eigenvalue weighted by atomic mass is 10.1. The highest BCUT2D eigenvalue weighted by atomic mass is 16.2. The summed E-state index contributed by atoms with van der Waals surface area (Å²) >= 11 is 0. The van der Waals surface area contributed by atoms with Gasteiger partial charge in [-0.1, -0.05) is 6.07 Å². The first kappa shape index (κ1) is 13.1. The van der Waals surface area contributed by atoms with Crippen molar-refractivity contribution in [1.29, 1.82) is 5.26 Å². The summed E-state index contributed by atoms with van der Waals surface area (Å²) in [5, 5.41) is 11.5. The number of nitrogens with zero attached hydrogens (tertiary/aromatic N) is 2. The Morgan fingerprint density at radius 1 is 1.53 bits per heavy atom. The summed E-state index contributed by atoms with van der Waals surface area (Å²) in [7, 11) is 0. The SMILES string of the molecule is CC1C(=O)NC(=O)CN1c1ccc(CN)cc1C#N. The average Bonchev–Trinajstić information content (AvgIpc) is 2.42. The summed E-state index contributed by atoms with van der Waals surface area (Å²) in [6.07, 6.45) is 0. The quantitative estimate of drug-likeness (QED) is 0.720. The number of benzene rings is 1. The van der Waals surface area contributed by atoms with Crippen LogP contribution in [0.15, 0.2) is 18.2 Å². The molecule has 3 N–H and O–H groups in total. The van der Waals surface area contributed by atoms with E-state index in [0.29, 0.717) is 17.8 Å². The Kier molecular flexibility index (Phi) is 3.49. The van der Waals surface area contributed by atoms with Gasteiger partial charge in [0.05, 0.1) is 17.8 Å². The van der Waals surface area contributed by atoms with Crippen LogP contribution < -0.4 is 16.0 Å². The topological polar surface area (TPSA) is 99.2 Å². The van der Waals surface area contributed by atoms with Crippen molar-refractivity contribution >= 4 is 17.5 Å². The molecule has 2 rings (SSSR count). The second-order valence-electron chi connectivity index (χ2n) is 4.38. The van der Waals surface area contributed by atoms with E-state index in [4.69, 9.17) is 5.73 Å². The first-order valence-corrected chi connectivity index (χ1v) is 5.90. The first-order chi connectivity index (χ1) is 9.06. The van der Waals surface area contributed by atoms with Crippen molar-refractivity contribution in [1.82, 2.24) is 5.32 Å². The minimum Gasteiger partial charge on any atom is -0.349 e. The molecule has 6 heteroatoms. The van der Waals surface area contributed by atoms with E-state index in [-0.39, 0.29) is 18.4 Å². The molecule has 0 radical (unpaired) electrons. The largest absolute Gasteiger partial charge is 0.349 e. The summed E-state index contributed by atoms with van der Waals surface area (Å²) in [6.45, 7) is 2.09. The van der Waals surface area contributed by atoms with Crippen LogP contribution in [0.2, 0.25) is 0 Å². The van der Waals surface area contributed by atoms with E-state index in [0.717, 1.165) is 5.56 Å². The molecule has 1 heterocycles. The number of amides is 2. The highest BCUT2D eigenvalue weighted by molar-refractivity contribution is 6.04. The average molecular weight is 258 g/mol. The molecule has 0 bridgehead atoms. The number of carbonyl (C=O) groups excluding carboxylic acids is 2. The van der Waals surface area contributed by atoms with E-state index in [2.05, 4.69) is 11.4 Å². The fraction of sp³-hybridized carbons (Fsp3) is 0.308. The molecule has 0 saturated carbocycles. The van der Waals surface area contributed by atoms with Crippen LogP contribution in [0.25, 0.3) is 0 Å². The molecular weight excluding hydrogens is 244 g/mol.